The Morgan fingerprint density at radius 3 is 2.72 bits per heavy atom. The van der Waals surface area contributed by atoms with Crippen molar-refractivity contribution in [2.75, 3.05) is 10.6 Å². The van der Waals surface area contributed by atoms with Gasteiger partial charge < -0.3 is 10.6 Å². The van der Waals surface area contributed by atoms with Crippen molar-refractivity contribution in [1.82, 2.24) is 9.78 Å². The number of carbonyl (C=O) groups is 1. The third-order valence-electron chi connectivity index (χ3n) is 5.00. The lowest BCUT2D eigenvalue weighted by Crippen LogP contribution is -2.31. The summed E-state index contributed by atoms with van der Waals surface area (Å²) < 4.78 is 29.7. The first-order valence-corrected chi connectivity index (χ1v) is 10.3. The fourth-order valence-electron chi connectivity index (χ4n) is 3.48. The van der Waals surface area contributed by atoms with Crippen molar-refractivity contribution in [3.8, 4) is 0 Å². The van der Waals surface area contributed by atoms with Crippen LogP contribution < -0.4 is 10.6 Å². The van der Waals surface area contributed by atoms with Crippen LogP contribution in [0.25, 0.3) is 0 Å². The highest BCUT2D eigenvalue weighted by Gasteiger charge is 2.36. The molecule has 2 atom stereocenters. The molecule has 29 heavy (non-hydrogen) atoms. The van der Waals surface area contributed by atoms with E-state index < -0.39 is 18.4 Å². The Morgan fingerprint density at radius 2 is 2.03 bits per heavy atom. The predicted molar refractivity (Wildman–Crippen MR) is 117 cm³/mol. The van der Waals surface area contributed by atoms with Crippen LogP contribution in [0.15, 0.2) is 54.7 Å². The van der Waals surface area contributed by atoms with Gasteiger partial charge in [-0.1, -0.05) is 35.9 Å². The van der Waals surface area contributed by atoms with Crippen LogP contribution in [0.5, 0.6) is 0 Å². The van der Waals surface area contributed by atoms with Crippen LogP contribution >= 0.6 is 22.6 Å². The molecule has 0 spiro atoms. The summed E-state index contributed by atoms with van der Waals surface area (Å²) in [6, 6.07) is 13.7. The zero-order chi connectivity index (χ0) is 20.5. The second-order valence-corrected chi connectivity index (χ2v) is 8.31. The van der Waals surface area contributed by atoms with Gasteiger partial charge in [-0.15, -0.1) is 0 Å². The number of aryl methyl sites for hydroxylation is 1. The number of hydrogen-bond donors (Lipinski definition) is 2. The Hall–Kier alpha value is -2.49. The molecular formula is C21H19F2IN4O. The average Bonchev–Trinajstić information content (AvgIpc) is 3.12. The lowest BCUT2D eigenvalue weighted by molar-refractivity contribution is 0.0657. The van der Waals surface area contributed by atoms with Crippen molar-refractivity contribution in [1.29, 1.82) is 0 Å². The maximum atomic E-state index is 13.8. The number of rotatable bonds is 4. The fraction of sp³-hybridized carbons (Fsp3) is 0.238. The molecule has 1 aromatic heterocycles. The number of hydrogen-bond acceptors (Lipinski definition) is 3. The standard InChI is InChI=1S/C21H19F2IN4O/c1-12-5-7-13(8-6-12)17-10-18(19(22)23)28-20(27-17)16(11-25-28)21(29)26-15-4-2-3-14(24)9-15/h2-9,11,17-19,27H,10H2,1H3,(H,26,29). The summed E-state index contributed by atoms with van der Waals surface area (Å²) in [5, 5.41) is 10.2. The van der Waals surface area contributed by atoms with Gasteiger partial charge in [-0.2, -0.15) is 5.10 Å². The summed E-state index contributed by atoms with van der Waals surface area (Å²) in [5.74, 6) is -0.0754. The number of benzene rings is 2. The summed E-state index contributed by atoms with van der Waals surface area (Å²) in [7, 11) is 0. The van der Waals surface area contributed by atoms with Crippen molar-refractivity contribution in [2.24, 2.45) is 0 Å². The summed E-state index contributed by atoms with van der Waals surface area (Å²) in [6.07, 6.45) is -1.05. The van der Waals surface area contributed by atoms with E-state index in [2.05, 4.69) is 38.3 Å². The molecule has 4 rings (SSSR count). The lowest BCUT2D eigenvalue weighted by Gasteiger charge is -2.32. The van der Waals surface area contributed by atoms with E-state index in [1.807, 2.05) is 49.4 Å². The Morgan fingerprint density at radius 1 is 1.28 bits per heavy atom. The molecule has 0 bridgehead atoms. The highest BCUT2D eigenvalue weighted by atomic mass is 127. The summed E-state index contributed by atoms with van der Waals surface area (Å²) in [5.41, 5.74) is 2.87. The highest BCUT2D eigenvalue weighted by Crippen LogP contribution is 2.39. The molecule has 5 nitrogen and oxygen atoms in total. The van der Waals surface area contributed by atoms with Gasteiger partial charge in [-0.25, -0.2) is 13.5 Å². The lowest BCUT2D eigenvalue weighted by atomic mass is 9.96. The van der Waals surface area contributed by atoms with Crippen LogP contribution in [0.1, 0.15) is 40.0 Å². The number of amides is 1. The van der Waals surface area contributed by atoms with Crippen LogP contribution in [0, 0.1) is 10.5 Å². The van der Waals surface area contributed by atoms with Gasteiger partial charge in [0.15, 0.2) is 0 Å². The minimum absolute atomic E-state index is 0.188. The topological polar surface area (TPSA) is 59.0 Å². The van der Waals surface area contributed by atoms with Gasteiger partial charge in [0.1, 0.15) is 17.4 Å². The fourth-order valence-corrected chi connectivity index (χ4v) is 4.02. The van der Waals surface area contributed by atoms with Gasteiger partial charge in [0.05, 0.1) is 12.2 Å². The number of halogens is 3. The number of fused-ring (bicyclic) bond motifs is 1. The van der Waals surface area contributed by atoms with Crippen LogP contribution in [0.3, 0.4) is 0 Å². The largest absolute Gasteiger partial charge is 0.363 e. The summed E-state index contributed by atoms with van der Waals surface area (Å²) in [4.78, 5) is 12.8. The second kappa shape index (κ2) is 8.10. The molecule has 150 valence electrons. The van der Waals surface area contributed by atoms with Gasteiger partial charge in [-0.3, -0.25) is 4.79 Å². The van der Waals surface area contributed by atoms with Crippen LogP contribution in [0.2, 0.25) is 0 Å². The molecule has 0 saturated heterocycles. The van der Waals surface area contributed by atoms with Crippen LogP contribution in [-0.4, -0.2) is 22.1 Å². The highest BCUT2D eigenvalue weighted by molar-refractivity contribution is 14.1. The van der Waals surface area contributed by atoms with E-state index >= 15 is 0 Å². The SMILES string of the molecule is Cc1ccc(C2CC(C(F)F)n3ncc(C(=O)Nc4cccc(I)c4)c3N2)cc1. The molecule has 3 aromatic rings. The Kier molecular flexibility index (Phi) is 5.53. The minimum atomic E-state index is -2.59. The number of alkyl halides is 2. The molecule has 2 unspecified atom stereocenters. The molecule has 1 aliphatic heterocycles. The van der Waals surface area contributed by atoms with Crippen molar-refractivity contribution in [3.05, 3.63) is 75.0 Å². The first-order valence-electron chi connectivity index (χ1n) is 9.18. The van der Waals surface area contributed by atoms with Gasteiger partial charge in [0, 0.05) is 9.26 Å². The maximum Gasteiger partial charge on any atom is 0.261 e. The average molecular weight is 508 g/mol. The molecule has 0 fully saturated rings. The van der Waals surface area contributed by atoms with E-state index in [9.17, 15) is 13.6 Å². The van der Waals surface area contributed by atoms with Gasteiger partial charge in [0.2, 0.25) is 0 Å². The van der Waals surface area contributed by atoms with Gasteiger partial charge >= 0.3 is 0 Å². The van der Waals surface area contributed by atoms with E-state index in [0.29, 0.717) is 11.5 Å². The van der Waals surface area contributed by atoms with E-state index in [0.717, 1.165) is 14.7 Å². The molecule has 2 N–H and O–H groups in total. The number of nitrogens with zero attached hydrogens (tertiary/aromatic N) is 2. The molecule has 0 radical (unpaired) electrons. The van der Waals surface area contributed by atoms with Crippen molar-refractivity contribution >= 4 is 40.0 Å². The van der Waals surface area contributed by atoms with E-state index in [1.54, 1.807) is 6.07 Å². The van der Waals surface area contributed by atoms with Gasteiger partial charge in [0.25, 0.3) is 12.3 Å². The molecule has 1 aliphatic rings. The van der Waals surface area contributed by atoms with Crippen molar-refractivity contribution in [3.63, 3.8) is 0 Å². The normalized spacial score (nSPS) is 18.2. The van der Waals surface area contributed by atoms with Crippen molar-refractivity contribution < 1.29 is 13.6 Å². The van der Waals surface area contributed by atoms with Crippen molar-refractivity contribution in [2.45, 2.75) is 31.9 Å². The predicted octanol–water partition coefficient (Wildman–Crippen LogP) is 5.41. The number of anilines is 2. The smallest absolute Gasteiger partial charge is 0.261 e. The Bertz CT molecular complexity index is 1040. The van der Waals surface area contributed by atoms with Crippen LogP contribution in [0.4, 0.5) is 20.3 Å². The maximum absolute atomic E-state index is 13.8. The third kappa shape index (κ3) is 4.12. The Labute approximate surface area is 180 Å². The molecule has 2 aromatic carbocycles. The zero-order valence-corrected chi connectivity index (χ0v) is 17.7. The van der Waals surface area contributed by atoms with Crippen LogP contribution in [-0.2, 0) is 0 Å². The third-order valence-corrected chi connectivity index (χ3v) is 5.67. The summed E-state index contributed by atoms with van der Waals surface area (Å²) in [6.45, 7) is 1.97. The zero-order valence-electron chi connectivity index (χ0n) is 15.6. The number of carbonyl (C=O) groups excluding carboxylic acids is 1. The molecule has 8 heteroatoms. The summed E-state index contributed by atoms with van der Waals surface area (Å²) >= 11 is 2.16. The molecule has 0 aliphatic carbocycles. The first-order chi connectivity index (χ1) is 13.9. The minimum Gasteiger partial charge on any atom is -0.363 e. The van der Waals surface area contributed by atoms with Gasteiger partial charge in [-0.05, 0) is 59.7 Å². The molecule has 0 saturated carbocycles. The van der Waals surface area contributed by atoms with E-state index in [4.69, 9.17) is 0 Å². The number of aromatic nitrogens is 2. The molecule has 2 heterocycles. The van der Waals surface area contributed by atoms with E-state index in [-0.39, 0.29) is 18.0 Å². The van der Waals surface area contributed by atoms with E-state index in [1.165, 1.54) is 10.9 Å². The Balaban J connectivity index is 1.66. The number of nitrogens with one attached hydrogen (secondary N) is 2. The molecule has 1 amide bonds. The second-order valence-electron chi connectivity index (χ2n) is 7.06. The monoisotopic (exact) mass is 508 g/mol. The quantitative estimate of drug-likeness (QED) is 0.464. The first kappa shape index (κ1) is 19.8. The molecular weight excluding hydrogens is 489 g/mol.